The van der Waals surface area contributed by atoms with E-state index < -0.39 is 46.8 Å². The second-order valence-corrected chi connectivity index (χ2v) is 8.47. The van der Waals surface area contributed by atoms with E-state index in [0.717, 1.165) is 11.3 Å². The number of esters is 1. The highest BCUT2D eigenvalue weighted by Crippen LogP contribution is 2.25. The molecule has 3 rings (SSSR count). The zero-order valence-electron chi connectivity index (χ0n) is 16.4. The summed E-state index contributed by atoms with van der Waals surface area (Å²) < 4.78 is 37.7. The van der Waals surface area contributed by atoms with E-state index in [9.17, 15) is 27.4 Å². The zero-order valence-corrected chi connectivity index (χ0v) is 18.0. The molecule has 2 heterocycles. The zero-order chi connectivity index (χ0) is 23.5. The minimum absolute atomic E-state index is 0.0670. The molecule has 0 radical (unpaired) electrons. The second-order valence-electron chi connectivity index (χ2n) is 6.29. The van der Waals surface area contributed by atoms with E-state index >= 15 is 0 Å². The minimum atomic E-state index is -4.97. The van der Waals surface area contributed by atoms with E-state index in [1.165, 1.54) is 24.6 Å². The molecule has 13 nitrogen and oxygen atoms in total. The molecule has 15 heteroatoms. The summed E-state index contributed by atoms with van der Waals surface area (Å²) in [5.41, 5.74) is 5.49. The first kappa shape index (κ1) is 23.1. The number of oxime groups is 1. The number of aromatic nitrogens is 1. The maximum absolute atomic E-state index is 12.7. The number of nitrogens with two attached hydrogens (primary N) is 1. The van der Waals surface area contributed by atoms with Gasteiger partial charge in [-0.3, -0.25) is 14.1 Å². The van der Waals surface area contributed by atoms with Crippen molar-refractivity contribution in [2.45, 2.75) is 12.1 Å². The predicted molar refractivity (Wildman–Crippen MR) is 111 cm³/mol. The molecule has 0 bridgehead atoms. The SMILES string of the molecule is CON=C(C(=O)NC1C(=O)N(S(=O)(=O)O)C1COC(=O)c1ccccc1)c1csc(N)n1. The van der Waals surface area contributed by atoms with Crippen molar-refractivity contribution in [2.24, 2.45) is 5.16 Å². The van der Waals surface area contributed by atoms with E-state index in [-0.39, 0.29) is 26.4 Å². The highest BCUT2D eigenvalue weighted by molar-refractivity contribution is 7.84. The van der Waals surface area contributed by atoms with Gasteiger partial charge in [0, 0.05) is 5.38 Å². The minimum Gasteiger partial charge on any atom is -0.460 e. The lowest BCUT2D eigenvalue weighted by Crippen LogP contribution is -2.73. The van der Waals surface area contributed by atoms with Gasteiger partial charge in [-0.15, -0.1) is 11.3 Å². The molecule has 2 aromatic rings. The number of nitrogen functional groups attached to an aromatic ring is 1. The quantitative estimate of drug-likeness (QED) is 0.144. The van der Waals surface area contributed by atoms with Gasteiger partial charge >= 0.3 is 16.3 Å². The number of hydrogen-bond donors (Lipinski definition) is 3. The van der Waals surface area contributed by atoms with Gasteiger partial charge in [0.1, 0.15) is 31.5 Å². The topological polar surface area (TPSA) is 191 Å². The predicted octanol–water partition coefficient (Wildman–Crippen LogP) is -0.569. The molecule has 0 saturated carbocycles. The van der Waals surface area contributed by atoms with E-state index in [0.29, 0.717) is 0 Å². The Morgan fingerprint density at radius 2 is 2.03 bits per heavy atom. The van der Waals surface area contributed by atoms with Gasteiger partial charge in [-0.1, -0.05) is 23.4 Å². The van der Waals surface area contributed by atoms with Crippen molar-refractivity contribution in [3.8, 4) is 0 Å². The number of thiazole rings is 1. The van der Waals surface area contributed by atoms with Crippen LogP contribution in [-0.4, -0.2) is 71.6 Å². The van der Waals surface area contributed by atoms with Crippen molar-refractivity contribution in [2.75, 3.05) is 19.5 Å². The smallest absolute Gasteiger partial charge is 0.362 e. The number of anilines is 1. The lowest BCUT2D eigenvalue weighted by atomic mass is 9.99. The van der Waals surface area contributed by atoms with Crippen molar-refractivity contribution in [3.05, 3.63) is 47.0 Å². The Hall–Kier alpha value is -3.56. The van der Waals surface area contributed by atoms with Gasteiger partial charge in [-0.25, -0.2) is 14.1 Å². The molecule has 1 aliphatic heterocycles. The van der Waals surface area contributed by atoms with Crippen molar-refractivity contribution in [1.29, 1.82) is 0 Å². The highest BCUT2D eigenvalue weighted by atomic mass is 32.2. The molecule has 2 amide bonds. The molecule has 1 aliphatic rings. The van der Waals surface area contributed by atoms with Gasteiger partial charge in [0.25, 0.3) is 11.8 Å². The molecular weight excluding hydrogens is 466 g/mol. The van der Waals surface area contributed by atoms with Gasteiger partial charge in [-0.05, 0) is 12.1 Å². The number of rotatable bonds is 8. The number of hydrogen-bond acceptors (Lipinski definition) is 11. The molecule has 1 aromatic carbocycles. The number of β-lactam (4-membered cyclic amide) rings is 1. The number of carbonyl (C=O) groups excluding carboxylic acids is 3. The number of ether oxygens (including phenoxy) is 1. The third-order valence-electron chi connectivity index (χ3n) is 4.26. The molecule has 0 aliphatic carbocycles. The number of carbonyl (C=O) groups is 3. The third kappa shape index (κ3) is 4.84. The third-order valence-corrected chi connectivity index (χ3v) is 5.88. The van der Waals surface area contributed by atoms with E-state index in [1.807, 2.05) is 0 Å². The Balaban J connectivity index is 1.77. The summed E-state index contributed by atoms with van der Waals surface area (Å²) in [7, 11) is -3.78. The fraction of sp³-hybridized carbons (Fsp3) is 0.235. The van der Waals surface area contributed by atoms with E-state index in [4.69, 9.17) is 10.5 Å². The van der Waals surface area contributed by atoms with Crippen LogP contribution in [0.25, 0.3) is 0 Å². The molecule has 2 atom stereocenters. The van der Waals surface area contributed by atoms with Crippen LogP contribution < -0.4 is 11.1 Å². The van der Waals surface area contributed by atoms with Crippen LogP contribution in [0, 0.1) is 0 Å². The Morgan fingerprint density at radius 1 is 1.34 bits per heavy atom. The summed E-state index contributed by atoms with van der Waals surface area (Å²) in [6, 6.07) is 4.99. The standard InChI is InChI=1S/C17H17N5O8S2/c1-29-21-12(10-8-31-17(18)19-10)14(23)20-13-11(22(15(13)24)32(26,27)28)7-30-16(25)9-5-3-2-4-6-9/h2-6,8,11,13H,7H2,1H3,(H2,18,19)(H,20,23)(H,26,27,28). The summed E-state index contributed by atoms with van der Waals surface area (Å²) in [5.74, 6) is -2.84. The average molecular weight is 483 g/mol. The first-order chi connectivity index (χ1) is 15.1. The summed E-state index contributed by atoms with van der Waals surface area (Å²) in [5, 5.41) is 7.44. The van der Waals surface area contributed by atoms with Crippen LogP contribution in [0.5, 0.6) is 0 Å². The molecule has 0 spiro atoms. The molecule has 4 N–H and O–H groups in total. The van der Waals surface area contributed by atoms with Crippen LogP contribution in [0.3, 0.4) is 0 Å². The summed E-state index contributed by atoms with van der Waals surface area (Å²) in [4.78, 5) is 45.7. The Morgan fingerprint density at radius 3 is 2.59 bits per heavy atom. The Kier molecular flexibility index (Phi) is 6.71. The number of nitrogens with one attached hydrogen (secondary N) is 1. The maximum Gasteiger partial charge on any atom is 0.362 e. The van der Waals surface area contributed by atoms with Gasteiger partial charge in [-0.2, -0.15) is 8.42 Å². The van der Waals surface area contributed by atoms with Gasteiger partial charge in [0.15, 0.2) is 10.8 Å². The number of nitrogens with zero attached hydrogens (tertiary/aromatic N) is 3. The fourth-order valence-electron chi connectivity index (χ4n) is 2.85. The van der Waals surface area contributed by atoms with Gasteiger partial charge in [0.2, 0.25) is 0 Å². The Bertz CT molecular complexity index is 1160. The molecule has 170 valence electrons. The molecule has 1 fully saturated rings. The maximum atomic E-state index is 12.7. The molecule has 32 heavy (non-hydrogen) atoms. The van der Waals surface area contributed by atoms with Gasteiger partial charge < -0.3 is 20.6 Å². The van der Waals surface area contributed by atoms with Crippen LogP contribution in [0.15, 0.2) is 40.9 Å². The molecule has 1 saturated heterocycles. The summed E-state index contributed by atoms with van der Waals surface area (Å²) >= 11 is 1.03. The van der Waals surface area contributed by atoms with Crippen LogP contribution in [0.4, 0.5) is 5.13 Å². The molecular formula is C17H17N5O8S2. The lowest BCUT2D eigenvalue weighted by molar-refractivity contribution is -0.146. The summed E-state index contributed by atoms with van der Waals surface area (Å²) in [6.07, 6.45) is 0. The second kappa shape index (κ2) is 9.29. The Labute approximate surface area is 185 Å². The van der Waals surface area contributed by atoms with Crippen molar-refractivity contribution < 1.29 is 36.9 Å². The molecule has 2 unspecified atom stereocenters. The lowest BCUT2D eigenvalue weighted by Gasteiger charge is -2.43. The fourth-order valence-corrected chi connectivity index (χ4v) is 4.26. The largest absolute Gasteiger partial charge is 0.460 e. The van der Waals surface area contributed by atoms with E-state index in [1.54, 1.807) is 18.2 Å². The number of benzene rings is 1. The first-order valence-corrected chi connectivity index (χ1v) is 11.1. The molecule has 1 aromatic heterocycles. The van der Waals surface area contributed by atoms with E-state index in [2.05, 4.69) is 20.3 Å². The summed E-state index contributed by atoms with van der Waals surface area (Å²) in [6.45, 7) is -0.620. The monoisotopic (exact) mass is 483 g/mol. The average Bonchev–Trinajstić information content (AvgIpc) is 3.17. The van der Waals surface area contributed by atoms with Gasteiger partial charge in [0.05, 0.1) is 5.56 Å². The number of amides is 2. The van der Waals surface area contributed by atoms with Crippen LogP contribution in [0.2, 0.25) is 0 Å². The van der Waals surface area contributed by atoms with Crippen LogP contribution in [0.1, 0.15) is 16.1 Å². The normalized spacial score (nSPS) is 18.6. The van der Waals surface area contributed by atoms with Crippen molar-refractivity contribution in [1.82, 2.24) is 14.6 Å². The first-order valence-electron chi connectivity index (χ1n) is 8.79. The highest BCUT2D eigenvalue weighted by Gasteiger charge is 2.55. The van der Waals surface area contributed by atoms with Crippen molar-refractivity contribution in [3.63, 3.8) is 0 Å². The van der Waals surface area contributed by atoms with Crippen molar-refractivity contribution >= 4 is 50.3 Å². The van der Waals surface area contributed by atoms with Crippen LogP contribution >= 0.6 is 11.3 Å². The van der Waals surface area contributed by atoms with Crippen LogP contribution in [-0.2, 0) is 29.5 Å².